The van der Waals surface area contributed by atoms with E-state index in [1.807, 2.05) is 36.6 Å². The van der Waals surface area contributed by atoms with Crippen LogP contribution >= 0.6 is 22.5 Å². The average molecular weight is 539 g/mol. The van der Waals surface area contributed by atoms with Crippen molar-refractivity contribution >= 4 is 39.9 Å². The molecule has 0 aromatic heterocycles. The minimum atomic E-state index is -3.50. The highest BCUT2D eigenvalue weighted by Crippen LogP contribution is 2.57. The third-order valence-corrected chi connectivity index (χ3v) is 8.66. The Morgan fingerprint density at radius 2 is 1.83 bits per heavy atom. The Kier molecular flexibility index (Phi) is 9.71. The molecule has 0 fully saturated rings. The van der Waals surface area contributed by atoms with Gasteiger partial charge in [-0.15, -0.1) is 22.5 Å². The van der Waals surface area contributed by atoms with Gasteiger partial charge in [0, 0.05) is 18.3 Å². The SMILES string of the molecule is CCCCC1(CCCC)CN(c2ccccc2)c2cc(SC)c(OC=C(F)C(=O)O)cc2S(O)(O)N1. The van der Waals surface area contributed by atoms with E-state index in [4.69, 9.17) is 9.84 Å². The monoisotopic (exact) mass is 538 g/mol. The van der Waals surface area contributed by atoms with Gasteiger partial charge in [-0.2, -0.15) is 4.39 Å². The predicted molar refractivity (Wildman–Crippen MR) is 145 cm³/mol. The highest BCUT2D eigenvalue weighted by molar-refractivity contribution is 8.22. The van der Waals surface area contributed by atoms with Crippen molar-refractivity contribution in [3.05, 3.63) is 54.6 Å². The third kappa shape index (κ3) is 6.54. The molecule has 2 aromatic rings. The van der Waals surface area contributed by atoms with Gasteiger partial charge in [0.2, 0.25) is 5.83 Å². The molecule has 10 heteroatoms. The zero-order valence-corrected chi connectivity index (χ0v) is 22.5. The molecular formula is C26H35FN2O5S2. The number of aliphatic carboxylic acids is 1. The van der Waals surface area contributed by atoms with E-state index < -0.39 is 28.1 Å². The Bertz CT molecular complexity index is 1070. The van der Waals surface area contributed by atoms with Crippen LogP contribution in [0.4, 0.5) is 15.8 Å². The van der Waals surface area contributed by atoms with Crippen LogP contribution in [0.3, 0.4) is 0 Å². The molecule has 0 saturated carbocycles. The number of ether oxygens (including phenoxy) is 1. The molecule has 0 saturated heterocycles. The Balaban J connectivity index is 2.22. The van der Waals surface area contributed by atoms with Crippen molar-refractivity contribution in [2.45, 2.75) is 67.7 Å². The van der Waals surface area contributed by atoms with Crippen LogP contribution in [0, 0.1) is 0 Å². The number of carboxylic acids is 1. The molecular weight excluding hydrogens is 503 g/mol. The zero-order chi connectivity index (χ0) is 26.3. The topological polar surface area (TPSA) is 102 Å². The summed E-state index contributed by atoms with van der Waals surface area (Å²) in [4.78, 5) is 13.8. The first-order chi connectivity index (χ1) is 17.2. The second kappa shape index (κ2) is 12.3. The third-order valence-electron chi connectivity index (χ3n) is 6.24. The number of hydrogen-bond acceptors (Lipinski definition) is 7. The van der Waals surface area contributed by atoms with Crippen LogP contribution in [0.2, 0.25) is 0 Å². The van der Waals surface area contributed by atoms with Gasteiger partial charge in [0.05, 0.1) is 16.1 Å². The quantitative estimate of drug-likeness (QED) is 0.132. The van der Waals surface area contributed by atoms with Crippen LogP contribution in [0.15, 0.2) is 64.3 Å². The van der Waals surface area contributed by atoms with Gasteiger partial charge in [-0.05, 0) is 37.3 Å². The summed E-state index contributed by atoms with van der Waals surface area (Å²) < 4.78 is 45.3. The maximum absolute atomic E-state index is 13.6. The molecule has 0 radical (unpaired) electrons. The van der Waals surface area contributed by atoms with E-state index in [1.165, 1.54) is 17.8 Å². The predicted octanol–water partition coefficient (Wildman–Crippen LogP) is 7.57. The highest BCUT2D eigenvalue weighted by atomic mass is 32.3. The molecule has 36 heavy (non-hydrogen) atoms. The first-order valence-corrected chi connectivity index (χ1v) is 14.8. The summed E-state index contributed by atoms with van der Waals surface area (Å²) >= 11 is 1.33. The van der Waals surface area contributed by atoms with Crippen LogP contribution in [-0.4, -0.2) is 38.5 Å². The number of nitrogens with zero attached hydrogens (tertiary/aromatic N) is 1. The Labute approximate surface area is 218 Å². The molecule has 0 amide bonds. The fraction of sp³-hybridized carbons (Fsp3) is 0.423. The fourth-order valence-electron chi connectivity index (χ4n) is 4.42. The first kappa shape index (κ1) is 28.3. The number of fused-ring (bicyclic) bond motifs is 1. The molecule has 0 unspecified atom stereocenters. The Morgan fingerprint density at radius 1 is 1.19 bits per heavy atom. The summed E-state index contributed by atoms with van der Waals surface area (Å²) in [6.07, 6.45) is 7.67. The van der Waals surface area contributed by atoms with E-state index in [1.54, 1.807) is 6.07 Å². The van der Waals surface area contributed by atoms with Crippen LogP contribution in [0.1, 0.15) is 52.4 Å². The molecule has 0 aliphatic carbocycles. The first-order valence-electron chi connectivity index (χ1n) is 12.0. The Morgan fingerprint density at radius 3 is 2.39 bits per heavy atom. The maximum atomic E-state index is 13.6. The van der Waals surface area contributed by atoms with Gasteiger partial charge >= 0.3 is 5.97 Å². The molecule has 3 rings (SSSR count). The van der Waals surface area contributed by atoms with Crippen molar-refractivity contribution < 1.29 is 28.1 Å². The van der Waals surface area contributed by atoms with Crippen LogP contribution < -0.4 is 14.4 Å². The van der Waals surface area contributed by atoms with E-state index >= 15 is 0 Å². The molecule has 0 spiro atoms. The van der Waals surface area contributed by atoms with Gasteiger partial charge in [-0.25, -0.2) is 9.52 Å². The number of anilines is 2. The largest absolute Gasteiger partial charge is 0.476 e. The summed E-state index contributed by atoms with van der Waals surface area (Å²) in [7, 11) is -3.50. The van der Waals surface area contributed by atoms with Crippen molar-refractivity contribution in [3.8, 4) is 5.75 Å². The lowest BCUT2D eigenvalue weighted by atomic mass is 9.87. The lowest BCUT2D eigenvalue weighted by molar-refractivity contribution is -0.134. The van der Waals surface area contributed by atoms with E-state index in [2.05, 4.69) is 23.5 Å². The second-order valence-corrected chi connectivity index (χ2v) is 11.5. The van der Waals surface area contributed by atoms with E-state index in [9.17, 15) is 18.3 Å². The smallest absolute Gasteiger partial charge is 0.368 e. The van der Waals surface area contributed by atoms with Crippen molar-refractivity contribution in [2.24, 2.45) is 0 Å². The van der Waals surface area contributed by atoms with Gasteiger partial charge < -0.3 is 14.7 Å². The highest BCUT2D eigenvalue weighted by Gasteiger charge is 2.42. The average Bonchev–Trinajstić information content (AvgIpc) is 2.96. The summed E-state index contributed by atoms with van der Waals surface area (Å²) in [6.45, 7) is 4.76. The summed E-state index contributed by atoms with van der Waals surface area (Å²) in [5.41, 5.74) is 0.964. The maximum Gasteiger partial charge on any atom is 0.368 e. The number of para-hydroxylation sites is 1. The minimum Gasteiger partial charge on any atom is -0.476 e. The number of benzene rings is 2. The molecule has 198 valence electrons. The zero-order valence-electron chi connectivity index (χ0n) is 20.9. The van der Waals surface area contributed by atoms with Crippen molar-refractivity contribution in [1.29, 1.82) is 0 Å². The second-order valence-electron chi connectivity index (χ2n) is 8.92. The van der Waals surface area contributed by atoms with Crippen molar-refractivity contribution in [2.75, 3.05) is 17.7 Å². The summed E-state index contributed by atoms with van der Waals surface area (Å²) in [5.74, 6) is -3.05. The molecule has 0 atom stereocenters. The number of nitrogens with one attached hydrogen (secondary N) is 1. The summed E-state index contributed by atoms with van der Waals surface area (Å²) in [6, 6.07) is 13.1. The van der Waals surface area contributed by atoms with E-state index in [-0.39, 0.29) is 10.6 Å². The van der Waals surface area contributed by atoms with Gasteiger partial charge in [0.25, 0.3) is 0 Å². The summed E-state index contributed by atoms with van der Waals surface area (Å²) in [5, 5.41) is 8.84. The van der Waals surface area contributed by atoms with Crippen LogP contribution in [0.5, 0.6) is 5.75 Å². The van der Waals surface area contributed by atoms with Crippen LogP contribution in [-0.2, 0) is 4.79 Å². The molecule has 1 aliphatic rings. The van der Waals surface area contributed by atoms with Crippen LogP contribution in [0.25, 0.3) is 0 Å². The van der Waals surface area contributed by atoms with E-state index in [0.717, 1.165) is 44.2 Å². The molecule has 1 heterocycles. The normalized spacial score (nSPS) is 17.7. The van der Waals surface area contributed by atoms with Gasteiger partial charge in [0.1, 0.15) is 16.9 Å². The standard InChI is InChI=1S/C26H35FN2O5S2/c1-4-6-13-26(14-7-5-2)18-29(19-11-9-8-10-12-19)21-15-23(35-3)22(34-17-20(27)25(30)31)16-24(21)36(32,33)28-26/h8-12,15-17,28,32-33H,4-7,13-14,18H2,1-3H3,(H,30,31). The molecule has 0 bridgehead atoms. The molecule has 7 nitrogen and oxygen atoms in total. The number of halogens is 1. The van der Waals surface area contributed by atoms with Gasteiger partial charge in [0.15, 0.2) is 0 Å². The number of unbranched alkanes of at least 4 members (excludes halogenated alkanes) is 2. The number of hydrogen-bond donors (Lipinski definition) is 4. The lowest BCUT2D eigenvalue weighted by Gasteiger charge is -2.43. The molecule has 1 aliphatic heterocycles. The van der Waals surface area contributed by atoms with Crippen molar-refractivity contribution in [1.82, 2.24) is 4.72 Å². The lowest BCUT2D eigenvalue weighted by Crippen LogP contribution is -2.51. The number of thioether (sulfide) groups is 1. The Hall–Kier alpha value is -2.24. The number of rotatable bonds is 11. The van der Waals surface area contributed by atoms with E-state index in [0.29, 0.717) is 23.4 Å². The van der Waals surface area contributed by atoms with Gasteiger partial charge in [-0.3, -0.25) is 9.11 Å². The van der Waals surface area contributed by atoms with Gasteiger partial charge in [-0.1, -0.05) is 57.7 Å². The van der Waals surface area contributed by atoms with Crippen molar-refractivity contribution in [3.63, 3.8) is 0 Å². The number of carbonyl (C=O) groups is 1. The fourth-order valence-corrected chi connectivity index (χ4v) is 6.67. The minimum absolute atomic E-state index is 0.141. The number of carboxylic acid groups (broad SMARTS) is 1. The molecule has 4 N–H and O–H groups in total. The molecule has 2 aromatic carbocycles.